The Balaban J connectivity index is 1.57. The number of hydrogen-bond acceptors (Lipinski definition) is 5. The van der Waals surface area contributed by atoms with E-state index in [1.807, 2.05) is 30.3 Å². The Morgan fingerprint density at radius 3 is 2.85 bits per heavy atom. The number of rotatable bonds is 6. The lowest BCUT2D eigenvalue weighted by atomic mass is 9.97. The van der Waals surface area contributed by atoms with Crippen molar-refractivity contribution in [1.82, 2.24) is 4.90 Å². The molecule has 6 nitrogen and oxygen atoms in total. The second-order valence-electron chi connectivity index (χ2n) is 6.81. The van der Waals surface area contributed by atoms with Crippen molar-refractivity contribution in [2.45, 2.75) is 57.6 Å². The maximum atomic E-state index is 12.9. The van der Waals surface area contributed by atoms with Gasteiger partial charge in [0.2, 0.25) is 6.10 Å². The molecule has 0 aromatic heterocycles. The van der Waals surface area contributed by atoms with Crippen LogP contribution in [-0.2, 0) is 25.6 Å². The van der Waals surface area contributed by atoms with Crippen molar-refractivity contribution >= 4 is 17.6 Å². The number of benzene rings is 1. The van der Waals surface area contributed by atoms with Gasteiger partial charge in [-0.2, -0.15) is 0 Å². The zero-order chi connectivity index (χ0) is 18.4. The van der Waals surface area contributed by atoms with Crippen LogP contribution in [0.3, 0.4) is 0 Å². The van der Waals surface area contributed by atoms with E-state index in [0.717, 1.165) is 30.5 Å². The fourth-order valence-corrected chi connectivity index (χ4v) is 3.60. The van der Waals surface area contributed by atoms with Crippen LogP contribution in [0.1, 0.15) is 44.6 Å². The van der Waals surface area contributed by atoms with Crippen molar-refractivity contribution in [2.75, 3.05) is 13.2 Å². The molecule has 0 N–H and O–H groups in total. The van der Waals surface area contributed by atoms with Gasteiger partial charge < -0.3 is 14.5 Å². The Hall–Kier alpha value is -2.37. The summed E-state index contributed by atoms with van der Waals surface area (Å²) in [6, 6.07) is 9.93. The molecule has 1 fully saturated rings. The number of nitrogens with zero attached hydrogens (tertiary/aromatic N) is 2. The highest BCUT2D eigenvalue weighted by atomic mass is 16.6. The molecule has 2 atom stereocenters. The van der Waals surface area contributed by atoms with Crippen LogP contribution in [0, 0.1) is 0 Å². The Bertz CT molecular complexity index is 659. The molecule has 0 bridgehead atoms. The second kappa shape index (κ2) is 8.83. The number of piperidine rings is 1. The summed E-state index contributed by atoms with van der Waals surface area (Å²) >= 11 is 0. The molecule has 2 aliphatic rings. The molecule has 0 saturated carbocycles. The molecule has 0 unspecified atom stereocenters. The highest BCUT2D eigenvalue weighted by molar-refractivity contribution is 5.94. The van der Waals surface area contributed by atoms with Crippen molar-refractivity contribution in [3.05, 3.63) is 35.9 Å². The van der Waals surface area contributed by atoms with Crippen LogP contribution >= 0.6 is 0 Å². The van der Waals surface area contributed by atoms with Crippen molar-refractivity contribution in [1.29, 1.82) is 0 Å². The fraction of sp³-hybridized carbons (Fsp3) is 0.550. The minimum absolute atomic E-state index is 0.0641. The van der Waals surface area contributed by atoms with Gasteiger partial charge in [0.25, 0.3) is 5.91 Å². The van der Waals surface area contributed by atoms with Crippen LogP contribution in [0.15, 0.2) is 35.5 Å². The molecule has 26 heavy (non-hydrogen) atoms. The first-order valence-corrected chi connectivity index (χ1v) is 9.39. The van der Waals surface area contributed by atoms with Gasteiger partial charge in [-0.3, -0.25) is 9.59 Å². The summed E-state index contributed by atoms with van der Waals surface area (Å²) < 4.78 is 5.05. The molecule has 0 spiro atoms. The van der Waals surface area contributed by atoms with Gasteiger partial charge in [-0.1, -0.05) is 35.5 Å². The van der Waals surface area contributed by atoms with Gasteiger partial charge in [0.05, 0.1) is 18.7 Å². The largest absolute Gasteiger partial charge is 0.466 e. The van der Waals surface area contributed by atoms with Gasteiger partial charge in [0.1, 0.15) is 0 Å². The Morgan fingerprint density at radius 2 is 2.08 bits per heavy atom. The molecule has 2 heterocycles. The molecule has 0 aliphatic carbocycles. The monoisotopic (exact) mass is 358 g/mol. The molecule has 1 aromatic rings. The normalized spacial score (nSPS) is 22.5. The van der Waals surface area contributed by atoms with Crippen LogP contribution in [0.4, 0.5) is 0 Å². The Kier molecular flexibility index (Phi) is 6.26. The summed E-state index contributed by atoms with van der Waals surface area (Å²) in [5.41, 5.74) is 2.04. The van der Waals surface area contributed by atoms with Gasteiger partial charge in [0, 0.05) is 25.4 Å². The minimum atomic E-state index is -0.573. The molecule has 1 saturated heterocycles. The summed E-state index contributed by atoms with van der Waals surface area (Å²) in [7, 11) is 0. The number of amides is 1. The zero-order valence-electron chi connectivity index (χ0n) is 15.2. The molecule has 2 aliphatic heterocycles. The smallest absolute Gasteiger partial charge is 0.307 e. The molecule has 3 rings (SSSR count). The first-order chi connectivity index (χ1) is 12.7. The first kappa shape index (κ1) is 18.4. The van der Waals surface area contributed by atoms with E-state index in [4.69, 9.17) is 9.57 Å². The highest BCUT2D eigenvalue weighted by Gasteiger charge is 2.36. The van der Waals surface area contributed by atoms with Crippen LogP contribution in [0.2, 0.25) is 0 Å². The first-order valence-electron chi connectivity index (χ1n) is 9.39. The van der Waals surface area contributed by atoms with Gasteiger partial charge in [-0.05, 0) is 31.7 Å². The molecule has 140 valence electrons. The molecule has 0 radical (unpaired) electrons. The average molecular weight is 358 g/mol. The quantitative estimate of drug-likeness (QED) is 0.733. The summed E-state index contributed by atoms with van der Waals surface area (Å²) in [6.45, 7) is 2.82. The molecular weight excluding hydrogens is 332 g/mol. The summed E-state index contributed by atoms with van der Waals surface area (Å²) in [6.07, 6.45) is 3.69. The van der Waals surface area contributed by atoms with E-state index >= 15 is 0 Å². The Labute approximate surface area is 154 Å². The van der Waals surface area contributed by atoms with E-state index in [1.54, 1.807) is 11.8 Å². The number of carbonyl (C=O) groups excluding carboxylic acids is 2. The van der Waals surface area contributed by atoms with Crippen molar-refractivity contribution in [2.24, 2.45) is 5.16 Å². The van der Waals surface area contributed by atoms with Crippen molar-refractivity contribution in [3.63, 3.8) is 0 Å². The number of esters is 1. The van der Waals surface area contributed by atoms with Gasteiger partial charge >= 0.3 is 5.97 Å². The van der Waals surface area contributed by atoms with E-state index in [-0.39, 0.29) is 24.3 Å². The number of hydrogen-bond donors (Lipinski definition) is 0. The van der Waals surface area contributed by atoms with Gasteiger partial charge in [-0.25, -0.2) is 0 Å². The van der Waals surface area contributed by atoms with Gasteiger partial charge in [0.15, 0.2) is 0 Å². The average Bonchev–Trinajstić information content (AvgIpc) is 3.11. The van der Waals surface area contributed by atoms with Crippen LogP contribution in [0.25, 0.3) is 0 Å². The molecular formula is C20H26N2O4. The fourth-order valence-electron chi connectivity index (χ4n) is 3.60. The number of carbonyl (C=O) groups is 2. The maximum absolute atomic E-state index is 12.9. The number of ether oxygens (including phenoxy) is 1. The predicted octanol–water partition coefficient (Wildman–Crippen LogP) is 2.71. The molecule has 1 aromatic carbocycles. The van der Waals surface area contributed by atoms with Crippen molar-refractivity contribution < 1.29 is 19.2 Å². The van der Waals surface area contributed by atoms with Crippen molar-refractivity contribution in [3.8, 4) is 0 Å². The second-order valence-corrected chi connectivity index (χ2v) is 6.81. The van der Waals surface area contributed by atoms with E-state index in [9.17, 15) is 9.59 Å². The lowest BCUT2D eigenvalue weighted by Gasteiger charge is -2.36. The zero-order valence-corrected chi connectivity index (χ0v) is 15.2. The SMILES string of the molecule is CCOC(=O)C[C@@H]1CCCCN1C(=O)[C@@H]1CC(Cc2ccccc2)=NO1. The number of likely N-dealkylation sites (tertiary alicyclic amines) is 1. The van der Waals surface area contributed by atoms with E-state index < -0.39 is 6.10 Å². The molecule has 6 heteroatoms. The lowest BCUT2D eigenvalue weighted by molar-refractivity contribution is -0.150. The molecule has 1 amide bonds. The minimum Gasteiger partial charge on any atom is -0.466 e. The highest BCUT2D eigenvalue weighted by Crippen LogP contribution is 2.24. The van der Waals surface area contributed by atoms with E-state index in [0.29, 0.717) is 26.0 Å². The summed E-state index contributed by atoms with van der Waals surface area (Å²) in [5, 5.41) is 4.12. The van der Waals surface area contributed by atoms with Crippen LogP contribution in [0.5, 0.6) is 0 Å². The topological polar surface area (TPSA) is 68.2 Å². The van der Waals surface area contributed by atoms with Gasteiger partial charge in [-0.15, -0.1) is 0 Å². The van der Waals surface area contributed by atoms with E-state index in [1.165, 1.54) is 0 Å². The van der Waals surface area contributed by atoms with E-state index in [2.05, 4.69) is 5.16 Å². The van der Waals surface area contributed by atoms with Crippen LogP contribution in [-0.4, -0.2) is 47.8 Å². The third kappa shape index (κ3) is 4.62. The summed E-state index contributed by atoms with van der Waals surface area (Å²) in [5.74, 6) is -0.309. The lowest BCUT2D eigenvalue weighted by Crippen LogP contribution is -2.49. The third-order valence-corrected chi connectivity index (χ3v) is 4.87. The standard InChI is InChI=1S/C20H26N2O4/c1-2-25-19(23)14-17-10-6-7-11-22(17)20(24)18-13-16(21-26-18)12-15-8-4-3-5-9-15/h3-5,8-9,17-18H,2,6-7,10-14H2,1H3/t17-,18-/m0/s1. The maximum Gasteiger partial charge on any atom is 0.307 e. The number of oxime groups is 1. The Morgan fingerprint density at radius 1 is 1.27 bits per heavy atom. The third-order valence-electron chi connectivity index (χ3n) is 4.87. The van der Waals surface area contributed by atoms with Crippen LogP contribution < -0.4 is 0 Å². The predicted molar refractivity (Wildman–Crippen MR) is 97.7 cm³/mol. The summed E-state index contributed by atoms with van der Waals surface area (Å²) in [4.78, 5) is 32.0.